The summed E-state index contributed by atoms with van der Waals surface area (Å²) >= 11 is 0. The Bertz CT molecular complexity index is 589. The van der Waals surface area contributed by atoms with Crippen molar-refractivity contribution in [3.8, 4) is 5.69 Å². The van der Waals surface area contributed by atoms with Crippen molar-refractivity contribution in [1.82, 2.24) is 9.78 Å². The highest BCUT2D eigenvalue weighted by atomic mass is 16.4. The van der Waals surface area contributed by atoms with Gasteiger partial charge in [-0.2, -0.15) is 5.10 Å². The van der Waals surface area contributed by atoms with E-state index in [1.54, 1.807) is 12.1 Å². The summed E-state index contributed by atoms with van der Waals surface area (Å²) in [4.78, 5) is 21.7. The van der Waals surface area contributed by atoms with Crippen molar-refractivity contribution in [1.29, 1.82) is 0 Å². The van der Waals surface area contributed by atoms with Gasteiger partial charge >= 0.3 is 5.97 Å². The molecule has 6 nitrogen and oxygen atoms in total. The number of aromatic nitrogens is 2. The fourth-order valence-electron chi connectivity index (χ4n) is 1.37. The van der Waals surface area contributed by atoms with E-state index in [2.05, 4.69) is 5.10 Å². The molecule has 2 aromatic rings. The number of hydrogen-bond donors (Lipinski definition) is 2. The summed E-state index contributed by atoms with van der Waals surface area (Å²) in [5.41, 5.74) is 6.07. The molecule has 0 radical (unpaired) electrons. The van der Waals surface area contributed by atoms with Gasteiger partial charge in [0.25, 0.3) is 5.91 Å². The van der Waals surface area contributed by atoms with Crippen LogP contribution in [0.15, 0.2) is 36.7 Å². The van der Waals surface area contributed by atoms with Crippen molar-refractivity contribution in [3.05, 3.63) is 47.8 Å². The minimum absolute atomic E-state index is 0.152. The van der Waals surface area contributed by atoms with Crippen molar-refractivity contribution in [2.24, 2.45) is 5.73 Å². The van der Waals surface area contributed by atoms with Gasteiger partial charge in [-0.15, -0.1) is 0 Å². The Morgan fingerprint density at radius 1 is 1.29 bits per heavy atom. The zero-order valence-corrected chi connectivity index (χ0v) is 8.70. The van der Waals surface area contributed by atoms with E-state index in [0.717, 1.165) is 0 Å². The Morgan fingerprint density at radius 2 is 2.06 bits per heavy atom. The second-order valence-electron chi connectivity index (χ2n) is 3.39. The molecule has 1 aromatic carbocycles. The Balaban J connectivity index is 2.42. The Kier molecular flexibility index (Phi) is 2.61. The number of carbonyl (C=O) groups excluding carboxylic acids is 1. The number of hydrogen-bond acceptors (Lipinski definition) is 3. The van der Waals surface area contributed by atoms with Crippen LogP contribution in [0.4, 0.5) is 0 Å². The van der Waals surface area contributed by atoms with Crippen LogP contribution in [0, 0.1) is 0 Å². The first-order chi connectivity index (χ1) is 8.08. The topological polar surface area (TPSA) is 98.2 Å². The number of nitrogens with two attached hydrogens (primary N) is 1. The normalized spacial score (nSPS) is 10.1. The molecule has 0 saturated heterocycles. The lowest BCUT2D eigenvalue weighted by molar-refractivity contribution is 0.0696. The number of benzene rings is 1. The van der Waals surface area contributed by atoms with Crippen LogP contribution < -0.4 is 5.73 Å². The number of carbonyl (C=O) groups is 2. The molecule has 0 fully saturated rings. The van der Waals surface area contributed by atoms with Gasteiger partial charge in [0.15, 0.2) is 0 Å². The number of rotatable bonds is 3. The molecule has 0 atom stereocenters. The van der Waals surface area contributed by atoms with Crippen LogP contribution in [-0.4, -0.2) is 26.8 Å². The van der Waals surface area contributed by atoms with E-state index < -0.39 is 11.9 Å². The predicted molar refractivity (Wildman–Crippen MR) is 59.0 cm³/mol. The largest absolute Gasteiger partial charge is 0.478 e. The van der Waals surface area contributed by atoms with Crippen LogP contribution in [0.3, 0.4) is 0 Å². The maximum absolute atomic E-state index is 10.9. The van der Waals surface area contributed by atoms with E-state index >= 15 is 0 Å². The van der Waals surface area contributed by atoms with Gasteiger partial charge in [0, 0.05) is 6.20 Å². The van der Waals surface area contributed by atoms with Gasteiger partial charge in [-0.3, -0.25) is 4.79 Å². The third-order valence-electron chi connectivity index (χ3n) is 2.22. The highest BCUT2D eigenvalue weighted by Crippen LogP contribution is 2.10. The molecule has 0 bridgehead atoms. The van der Waals surface area contributed by atoms with Crippen molar-refractivity contribution in [3.63, 3.8) is 0 Å². The van der Waals surface area contributed by atoms with Crippen LogP contribution in [0.2, 0.25) is 0 Å². The third-order valence-corrected chi connectivity index (χ3v) is 2.22. The molecule has 0 unspecified atom stereocenters. The first-order valence-corrected chi connectivity index (χ1v) is 4.76. The van der Waals surface area contributed by atoms with Crippen LogP contribution in [-0.2, 0) is 0 Å². The molecule has 0 aliphatic heterocycles. The minimum Gasteiger partial charge on any atom is -0.478 e. The second kappa shape index (κ2) is 4.09. The predicted octanol–water partition coefficient (Wildman–Crippen LogP) is 0.669. The highest BCUT2D eigenvalue weighted by Gasteiger charge is 2.07. The van der Waals surface area contributed by atoms with Gasteiger partial charge < -0.3 is 10.8 Å². The van der Waals surface area contributed by atoms with E-state index in [-0.39, 0.29) is 11.1 Å². The number of amides is 1. The van der Waals surface area contributed by atoms with Crippen molar-refractivity contribution >= 4 is 11.9 Å². The quantitative estimate of drug-likeness (QED) is 0.810. The summed E-state index contributed by atoms with van der Waals surface area (Å²) in [6.07, 6.45) is 2.78. The first-order valence-electron chi connectivity index (χ1n) is 4.76. The van der Waals surface area contributed by atoms with Gasteiger partial charge in [-0.05, 0) is 18.2 Å². The number of nitrogens with zero attached hydrogens (tertiary/aromatic N) is 2. The number of carboxylic acids is 1. The summed E-state index contributed by atoms with van der Waals surface area (Å²) < 4.78 is 1.40. The maximum Gasteiger partial charge on any atom is 0.335 e. The van der Waals surface area contributed by atoms with Crippen LogP contribution >= 0.6 is 0 Å². The van der Waals surface area contributed by atoms with Crippen molar-refractivity contribution in [2.75, 3.05) is 0 Å². The molecule has 86 valence electrons. The van der Waals surface area contributed by atoms with Crippen LogP contribution in [0.5, 0.6) is 0 Å². The van der Waals surface area contributed by atoms with E-state index in [1.165, 1.54) is 29.2 Å². The van der Waals surface area contributed by atoms with Crippen LogP contribution in [0.1, 0.15) is 20.7 Å². The lowest BCUT2D eigenvalue weighted by atomic mass is 10.2. The number of carboxylic acid groups (broad SMARTS) is 1. The third kappa shape index (κ3) is 2.15. The van der Waals surface area contributed by atoms with Crippen molar-refractivity contribution < 1.29 is 14.7 Å². The zero-order valence-electron chi connectivity index (χ0n) is 8.70. The Labute approximate surface area is 96.3 Å². The fraction of sp³-hybridized carbons (Fsp3) is 0. The van der Waals surface area contributed by atoms with E-state index in [0.29, 0.717) is 5.69 Å². The summed E-state index contributed by atoms with van der Waals surface area (Å²) in [5, 5.41) is 12.8. The summed E-state index contributed by atoms with van der Waals surface area (Å²) in [6, 6.07) is 6.22. The molecule has 0 spiro atoms. The smallest absolute Gasteiger partial charge is 0.335 e. The maximum atomic E-state index is 10.9. The fourth-order valence-corrected chi connectivity index (χ4v) is 1.37. The monoisotopic (exact) mass is 231 g/mol. The number of primary amides is 1. The zero-order chi connectivity index (χ0) is 12.4. The Hall–Kier alpha value is -2.63. The molecule has 1 heterocycles. The molecule has 6 heteroatoms. The van der Waals surface area contributed by atoms with Gasteiger partial charge in [0.1, 0.15) is 0 Å². The van der Waals surface area contributed by atoms with Crippen molar-refractivity contribution in [2.45, 2.75) is 0 Å². The van der Waals surface area contributed by atoms with E-state index in [9.17, 15) is 9.59 Å². The average Bonchev–Trinajstić information content (AvgIpc) is 2.78. The van der Waals surface area contributed by atoms with Crippen LogP contribution in [0.25, 0.3) is 5.69 Å². The molecule has 1 amide bonds. The molecule has 17 heavy (non-hydrogen) atoms. The SMILES string of the molecule is NC(=O)c1cnn(-c2cccc(C(=O)O)c2)c1. The highest BCUT2D eigenvalue weighted by molar-refractivity contribution is 5.92. The lowest BCUT2D eigenvalue weighted by Gasteiger charge is -2.01. The lowest BCUT2D eigenvalue weighted by Crippen LogP contribution is -2.09. The number of aromatic carboxylic acids is 1. The molecule has 3 N–H and O–H groups in total. The molecule has 0 saturated carbocycles. The van der Waals surface area contributed by atoms with E-state index in [1.807, 2.05) is 0 Å². The second-order valence-corrected chi connectivity index (χ2v) is 3.39. The molecule has 0 aliphatic rings. The summed E-state index contributed by atoms with van der Waals surface area (Å²) in [7, 11) is 0. The van der Waals surface area contributed by atoms with Gasteiger partial charge in [-0.25, -0.2) is 9.48 Å². The molecule has 0 aliphatic carbocycles. The van der Waals surface area contributed by atoms with Gasteiger partial charge in [0.2, 0.25) is 0 Å². The molecule has 1 aromatic heterocycles. The molecule has 2 rings (SSSR count). The Morgan fingerprint density at radius 3 is 2.65 bits per heavy atom. The summed E-state index contributed by atoms with van der Waals surface area (Å²) in [6.45, 7) is 0. The van der Waals surface area contributed by atoms with E-state index in [4.69, 9.17) is 10.8 Å². The average molecular weight is 231 g/mol. The molecular weight excluding hydrogens is 222 g/mol. The molecular formula is C11H9N3O3. The first kappa shape index (κ1) is 10.9. The minimum atomic E-state index is -1.02. The standard InChI is InChI=1S/C11H9N3O3/c12-10(15)8-5-13-14(6-8)9-3-1-2-7(4-9)11(16)17/h1-6H,(H2,12,15)(H,16,17). The summed E-state index contributed by atoms with van der Waals surface area (Å²) in [5.74, 6) is -1.60. The van der Waals surface area contributed by atoms with Gasteiger partial charge in [-0.1, -0.05) is 6.07 Å². The van der Waals surface area contributed by atoms with Gasteiger partial charge in [0.05, 0.1) is 23.0 Å².